The molecule has 4 rings (SSSR count). The van der Waals surface area contributed by atoms with Crippen molar-refractivity contribution in [1.29, 1.82) is 0 Å². The molecule has 8 heteroatoms. The number of benzene rings is 3. The van der Waals surface area contributed by atoms with Crippen LogP contribution in [0.4, 0.5) is 0 Å². The van der Waals surface area contributed by atoms with Gasteiger partial charge >= 0.3 is 17.9 Å². The van der Waals surface area contributed by atoms with E-state index in [2.05, 4.69) is 20.1 Å². The van der Waals surface area contributed by atoms with E-state index >= 15 is 0 Å². The van der Waals surface area contributed by atoms with Crippen LogP contribution in [0.2, 0.25) is 0 Å². The van der Waals surface area contributed by atoms with Gasteiger partial charge in [-0.25, -0.2) is 14.4 Å². The highest BCUT2D eigenvalue weighted by molar-refractivity contribution is 5.91. The summed E-state index contributed by atoms with van der Waals surface area (Å²) in [6, 6.07) is 22.0. The van der Waals surface area contributed by atoms with Crippen molar-refractivity contribution in [2.24, 2.45) is 0 Å². The molecule has 0 bridgehead atoms. The summed E-state index contributed by atoms with van der Waals surface area (Å²) in [7, 11) is 0. The third kappa shape index (κ3) is 15.2. The molecule has 1 aliphatic rings. The van der Waals surface area contributed by atoms with Gasteiger partial charge in [-0.1, -0.05) is 115 Å². The molecule has 0 radical (unpaired) electrons. The third-order valence-corrected chi connectivity index (χ3v) is 9.54. The first-order valence-corrected chi connectivity index (χ1v) is 19.9. The molecule has 0 saturated carbocycles. The lowest BCUT2D eigenvalue weighted by molar-refractivity contribution is -0.158. The van der Waals surface area contributed by atoms with E-state index in [4.69, 9.17) is 23.7 Å². The number of ether oxygens (including phenoxy) is 5. The Kier molecular flexibility index (Phi) is 18.4. The Bertz CT molecular complexity index is 1580. The summed E-state index contributed by atoms with van der Waals surface area (Å²) in [6.07, 6.45) is 18.8. The van der Waals surface area contributed by atoms with Crippen molar-refractivity contribution in [2.45, 2.75) is 128 Å². The standard InChI is InChI=1S/C46H58O8/c1-4-6-7-8-10-14-17-20-44(54-43(47)5-2)51-40-29-21-36(22-30-40)37-23-31-41(32-24-37)52-46(49)38-25-27-39(28-26-38)50-33-18-15-12-9-11-13-16-19-42-34-35(3)45(48)53-42/h5,21-32,42,44H,2-4,6-20,33-34H2,1H3. The number of unbranched alkanes of at least 4 members (excludes halogenated alkanes) is 12. The second kappa shape index (κ2) is 23.7. The fraction of sp³-hybridized carbons (Fsp3) is 0.457. The maximum atomic E-state index is 12.8. The molecule has 0 N–H and O–H groups in total. The fourth-order valence-corrected chi connectivity index (χ4v) is 6.38. The van der Waals surface area contributed by atoms with E-state index in [0.29, 0.717) is 42.1 Å². The van der Waals surface area contributed by atoms with Gasteiger partial charge in [0.05, 0.1) is 12.2 Å². The van der Waals surface area contributed by atoms with Crippen LogP contribution in [0.15, 0.2) is 97.6 Å². The van der Waals surface area contributed by atoms with Crippen LogP contribution in [0, 0.1) is 0 Å². The number of esters is 3. The topological polar surface area (TPSA) is 97.4 Å². The lowest BCUT2D eigenvalue weighted by Crippen LogP contribution is -2.23. The molecule has 3 aromatic rings. The van der Waals surface area contributed by atoms with Crippen LogP contribution in [0.3, 0.4) is 0 Å². The van der Waals surface area contributed by atoms with E-state index in [9.17, 15) is 14.4 Å². The predicted octanol–water partition coefficient (Wildman–Crippen LogP) is 11.5. The van der Waals surface area contributed by atoms with Gasteiger partial charge in [0.15, 0.2) is 0 Å². The van der Waals surface area contributed by atoms with Crippen molar-refractivity contribution in [2.75, 3.05) is 6.61 Å². The van der Waals surface area contributed by atoms with Gasteiger partial charge in [0.1, 0.15) is 23.4 Å². The van der Waals surface area contributed by atoms with Crippen molar-refractivity contribution in [3.05, 3.63) is 103 Å². The number of hydrogen-bond acceptors (Lipinski definition) is 8. The Morgan fingerprint density at radius 2 is 1.30 bits per heavy atom. The minimum Gasteiger partial charge on any atom is -0.494 e. The second-order valence-corrected chi connectivity index (χ2v) is 14.0. The minimum atomic E-state index is -0.669. The fourth-order valence-electron chi connectivity index (χ4n) is 6.38. The summed E-state index contributed by atoms with van der Waals surface area (Å²) >= 11 is 0. The first-order chi connectivity index (χ1) is 26.3. The molecule has 0 aromatic heterocycles. The average molecular weight is 739 g/mol. The van der Waals surface area contributed by atoms with E-state index in [1.165, 1.54) is 51.4 Å². The highest BCUT2D eigenvalue weighted by Gasteiger charge is 2.26. The van der Waals surface area contributed by atoms with Crippen molar-refractivity contribution in [1.82, 2.24) is 0 Å². The summed E-state index contributed by atoms with van der Waals surface area (Å²) < 4.78 is 28.3. The monoisotopic (exact) mass is 738 g/mol. The molecule has 0 aliphatic carbocycles. The minimum absolute atomic E-state index is 0.0293. The molecule has 8 nitrogen and oxygen atoms in total. The molecule has 2 unspecified atom stereocenters. The highest BCUT2D eigenvalue weighted by atomic mass is 16.7. The van der Waals surface area contributed by atoms with Crippen LogP contribution in [-0.2, 0) is 19.1 Å². The Labute approximate surface area is 321 Å². The van der Waals surface area contributed by atoms with E-state index < -0.39 is 18.2 Å². The zero-order valence-corrected chi connectivity index (χ0v) is 32.1. The van der Waals surface area contributed by atoms with Gasteiger partial charge in [-0.2, -0.15) is 0 Å². The van der Waals surface area contributed by atoms with Crippen LogP contribution in [0.5, 0.6) is 17.2 Å². The molecular weight excluding hydrogens is 680 g/mol. The number of cyclic esters (lactones) is 1. The van der Waals surface area contributed by atoms with Crippen LogP contribution in [-0.4, -0.2) is 36.9 Å². The molecule has 1 heterocycles. The second-order valence-electron chi connectivity index (χ2n) is 14.0. The number of carbonyl (C=O) groups is 3. The van der Waals surface area contributed by atoms with Gasteiger partial charge < -0.3 is 23.7 Å². The number of rotatable bonds is 26. The van der Waals surface area contributed by atoms with E-state index in [-0.39, 0.29) is 12.1 Å². The Morgan fingerprint density at radius 3 is 1.89 bits per heavy atom. The van der Waals surface area contributed by atoms with Crippen LogP contribution in [0.1, 0.15) is 126 Å². The van der Waals surface area contributed by atoms with E-state index in [1.807, 2.05) is 36.4 Å². The molecule has 3 aromatic carbocycles. The van der Waals surface area contributed by atoms with Crippen molar-refractivity contribution in [3.63, 3.8) is 0 Å². The number of hydrogen-bond donors (Lipinski definition) is 0. The zero-order valence-electron chi connectivity index (χ0n) is 32.1. The maximum absolute atomic E-state index is 12.8. The largest absolute Gasteiger partial charge is 0.494 e. The van der Waals surface area contributed by atoms with Crippen LogP contribution < -0.4 is 14.2 Å². The Morgan fingerprint density at radius 1 is 0.741 bits per heavy atom. The maximum Gasteiger partial charge on any atom is 0.343 e. The molecule has 290 valence electrons. The Hall–Kier alpha value is -4.85. The molecule has 1 fully saturated rings. The van der Waals surface area contributed by atoms with Gasteiger partial charge in [-0.3, -0.25) is 0 Å². The van der Waals surface area contributed by atoms with Crippen molar-refractivity contribution < 1.29 is 38.1 Å². The van der Waals surface area contributed by atoms with E-state index in [0.717, 1.165) is 67.9 Å². The predicted molar refractivity (Wildman–Crippen MR) is 213 cm³/mol. The summed E-state index contributed by atoms with van der Waals surface area (Å²) in [4.78, 5) is 36.1. The summed E-state index contributed by atoms with van der Waals surface area (Å²) in [5, 5.41) is 0. The first-order valence-electron chi connectivity index (χ1n) is 19.9. The SMILES string of the molecule is C=CC(=O)OC(CCCCCCCCC)Oc1ccc(-c2ccc(OC(=O)c3ccc(OCCCCCCCCCC4CC(=C)C(=O)O4)cc3)cc2)cc1. The normalized spacial score (nSPS) is 14.3. The summed E-state index contributed by atoms with van der Waals surface area (Å²) in [6.45, 7) is 10.1. The molecule has 1 saturated heterocycles. The van der Waals surface area contributed by atoms with Gasteiger partial charge in [-0.15, -0.1) is 0 Å². The van der Waals surface area contributed by atoms with Crippen molar-refractivity contribution >= 4 is 17.9 Å². The van der Waals surface area contributed by atoms with Crippen molar-refractivity contribution in [3.8, 4) is 28.4 Å². The van der Waals surface area contributed by atoms with Crippen LogP contribution in [0.25, 0.3) is 11.1 Å². The highest BCUT2D eigenvalue weighted by Crippen LogP contribution is 2.27. The first kappa shape index (κ1) is 41.9. The zero-order chi connectivity index (χ0) is 38.4. The van der Waals surface area contributed by atoms with Crippen LogP contribution >= 0.6 is 0 Å². The molecule has 54 heavy (non-hydrogen) atoms. The summed E-state index contributed by atoms with van der Waals surface area (Å²) in [5.74, 6) is 0.622. The molecule has 1 aliphatic heterocycles. The number of carbonyl (C=O) groups excluding carboxylic acids is 3. The van der Waals surface area contributed by atoms with E-state index in [1.54, 1.807) is 36.4 Å². The van der Waals surface area contributed by atoms with Gasteiger partial charge in [0.25, 0.3) is 0 Å². The summed E-state index contributed by atoms with van der Waals surface area (Å²) in [5.41, 5.74) is 2.97. The smallest absolute Gasteiger partial charge is 0.343 e. The molecular formula is C46H58O8. The third-order valence-electron chi connectivity index (χ3n) is 9.54. The van der Waals surface area contributed by atoms with Gasteiger partial charge in [-0.05, 0) is 85.3 Å². The quantitative estimate of drug-likeness (QED) is 0.0264. The Balaban J connectivity index is 1.12. The average Bonchev–Trinajstić information content (AvgIpc) is 3.51. The molecule has 2 atom stereocenters. The molecule has 0 amide bonds. The lowest BCUT2D eigenvalue weighted by atomic mass is 10.0. The lowest BCUT2D eigenvalue weighted by Gasteiger charge is -2.19. The van der Waals surface area contributed by atoms with Gasteiger partial charge in [0, 0.05) is 24.5 Å². The van der Waals surface area contributed by atoms with Gasteiger partial charge in [0.2, 0.25) is 6.29 Å². The molecule has 0 spiro atoms.